The van der Waals surface area contributed by atoms with Crippen molar-refractivity contribution in [2.24, 2.45) is 4.99 Å². The van der Waals surface area contributed by atoms with Crippen molar-refractivity contribution >= 4 is 16.0 Å². The second kappa shape index (κ2) is 10.0. The van der Waals surface area contributed by atoms with Crippen LogP contribution in [0.1, 0.15) is 38.4 Å². The number of hydrogen-bond acceptors (Lipinski definition) is 4. The van der Waals surface area contributed by atoms with Crippen LogP contribution >= 0.6 is 0 Å². The molecule has 1 aromatic rings. The normalized spacial score (nSPS) is 18.3. The van der Waals surface area contributed by atoms with E-state index in [2.05, 4.69) is 15.6 Å². The highest BCUT2D eigenvalue weighted by Crippen LogP contribution is 2.15. The van der Waals surface area contributed by atoms with Crippen molar-refractivity contribution in [3.63, 3.8) is 0 Å². The van der Waals surface area contributed by atoms with Gasteiger partial charge in [0.05, 0.1) is 18.4 Å². The molecule has 0 aliphatic carbocycles. The largest absolute Gasteiger partial charge is 0.386 e. The molecule has 27 heavy (non-hydrogen) atoms. The van der Waals surface area contributed by atoms with E-state index in [1.165, 1.54) is 16.4 Å². The van der Waals surface area contributed by atoms with E-state index in [-0.39, 0.29) is 24.2 Å². The molecule has 1 atom stereocenters. The summed E-state index contributed by atoms with van der Waals surface area (Å²) in [6, 6.07) is 5.82. The van der Waals surface area contributed by atoms with E-state index in [1.54, 1.807) is 19.1 Å². The van der Waals surface area contributed by atoms with E-state index in [9.17, 15) is 17.9 Å². The minimum Gasteiger partial charge on any atom is -0.386 e. The van der Waals surface area contributed by atoms with E-state index < -0.39 is 16.1 Å². The number of halogens is 1. The van der Waals surface area contributed by atoms with Crippen molar-refractivity contribution in [1.29, 1.82) is 0 Å². The molecule has 2 rings (SSSR count). The Bertz CT molecular complexity index is 717. The van der Waals surface area contributed by atoms with Gasteiger partial charge in [-0.1, -0.05) is 12.1 Å². The van der Waals surface area contributed by atoms with Gasteiger partial charge < -0.3 is 15.7 Å². The summed E-state index contributed by atoms with van der Waals surface area (Å²) in [5, 5.41) is 16.7. The predicted molar refractivity (Wildman–Crippen MR) is 105 cm³/mol. The van der Waals surface area contributed by atoms with E-state index in [4.69, 9.17) is 0 Å². The molecule has 152 valence electrons. The molecule has 1 aromatic carbocycles. The number of aliphatic imine (C=N–C) groups is 1. The van der Waals surface area contributed by atoms with Gasteiger partial charge in [-0.15, -0.1) is 0 Å². The number of guanidine groups is 1. The number of rotatable bonds is 7. The van der Waals surface area contributed by atoms with Gasteiger partial charge in [0.25, 0.3) is 0 Å². The molecule has 0 bridgehead atoms. The Labute approximate surface area is 160 Å². The van der Waals surface area contributed by atoms with Crippen LogP contribution in [0.15, 0.2) is 29.3 Å². The van der Waals surface area contributed by atoms with Crippen molar-refractivity contribution < 1.29 is 17.9 Å². The van der Waals surface area contributed by atoms with Gasteiger partial charge >= 0.3 is 0 Å². The molecule has 0 spiro atoms. The Morgan fingerprint density at radius 3 is 2.48 bits per heavy atom. The molecular formula is C18H29FN4O3S. The van der Waals surface area contributed by atoms with Gasteiger partial charge in [-0.2, -0.15) is 0 Å². The first kappa shape index (κ1) is 21.6. The fourth-order valence-electron chi connectivity index (χ4n) is 2.94. The summed E-state index contributed by atoms with van der Waals surface area (Å²) in [6.07, 6.45) is 0.575. The van der Waals surface area contributed by atoms with E-state index >= 15 is 0 Å². The summed E-state index contributed by atoms with van der Waals surface area (Å²) in [6.45, 7) is 5.40. The molecule has 1 aliphatic heterocycles. The molecule has 0 aromatic heterocycles. The second-order valence-corrected chi connectivity index (χ2v) is 8.76. The molecule has 0 amide bonds. The number of nitrogens with one attached hydrogen (secondary N) is 2. The van der Waals surface area contributed by atoms with Crippen LogP contribution in [-0.4, -0.2) is 61.8 Å². The van der Waals surface area contributed by atoms with Crippen LogP contribution in [0.4, 0.5) is 4.39 Å². The minimum absolute atomic E-state index is 0.120. The van der Waals surface area contributed by atoms with Crippen molar-refractivity contribution in [3.05, 3.63) is 35.6 Å². The monoisotopic (exact) mass is 400 g/mol. The molecule has 1 unspecified atom stereocenters. The minimum atomic E-state index is -3.14. The van der Waals surface area contributed by atoms with Crippen LogP contribution < -0.4 is 10.6 Å². The van der Waals surface area contributed by atoms with Gasteiger partial charge in [0.15, 0.2) is 5.96 Å². The van der Waals surface area contributed by atoms with Gasteiger partial charge in [0.2, 0.25) is 10.0 Å². The standard InChI is InChI=1S/C18H29FN4O3S/c1-3-20-18(21-13-17(24)14-5-7-15(19)8-6-14)22-16-9-11-23(12-10-16)27(25,26)4-2/h5-8,16-17,24H,3-4,9-13H2,1-2H3,(H2,20,21,22). The number of nitrogens with zero attached hydrogens (tertiary/aromatic N) is 2. The zero-order chi connectivity index (χ0) is 19.9. The van der Waals surface area contributed by atoms with E-state index in [0.29, 0.717) is 44.0 Å². The Hall–Kier alpha value is -1.71. The maximum absolute atomic E-state index is 13.0. The molecule has 7 nitrogen and oxygen atoms in total. The maximum Gasteiger partial charge on any atom is 0.213 e. The molecule has 0 saturated carbocycles. The van der Waals surface area contributed by atoms with Crippen molar-refractivity contribution in [2.75, 3.05) is 31.9 Å². The molecule has 0 radical (unpaired) electrons. The molecule has 1 fully saturated rings. The van der Waals surface area contributed by atoms with Crippen LogP contribution in [0.2, 0.25) is 0 Å². The highest BCUT2D eigenvalue weighted by molar-refractivity contribution is 7.89. The van der Waals surface area contributed by atoms with Crippen molar-refractivity contribution in [3.8, 4) is 0 Å². The molecule has 3 N–H and O–H groups in total. The van der Waals surface area contributed by atoms with Gasteiger partial charge in [-0.25, -0.2) is 17.1 Å². The topological polar surface area (TPSA) is 94.0 Å². The van der Waals surface area contributed by atoms with Crippen molar-refractivity contribution in [2.45, 2.75) is 38.8 Å². The summed E-state index contributed by atoms with van der Waals surface area (Å²) in [5.41, 5.74) is 0.606. The number of hydrogen-bond donors (Lipinski definition) is 3. The summed E-state index contributed by atoms with van der Waals surface area (Å²) in [5.74, 6) is 0.354. The average molecular weight is 401 g/mol. The van der Waals surface area contributed by atoms with Crippen LogP contribution in [0.25, 0.3) is 0 Å². The third-order valence-corrected chi connectivity index (χ3v) is 6.46. The quantitative estimate of drug-likeness (QED) is 0.473. The summed E-state index contributed by atoms with van der Waals surface area (Å²) in [7, 11) is -3.14. The van der Waals surface area contributed by atoms with E-state index in [0.717, 1.165) is 0 Å². The summed E-state index contributed by atoms with van der Waals surface area (Å²) < 4.78 is 38.4. The van der Waals surface area contributed by atoms with Crippen LogP contribution in [0, 0.1) is 5.82 Å². The Morgan fingerprint density at radius 1 is 1.30 bits per heavy atom. The maximum atomic E-state index is 13.0. The lowest BCUT2D eigenvalue weighted by Gasteiger charge is -2.32. The highest BCUT2D eigenvalue weighted by atomic mass is 32.2. The first-order chi connectivity index (χ1) is 12.9. The Morgan fingerprint density at radius 2 is 1.93 bits per heavy atom. The predicted octanol–water partition coefficient (Wildman–Crippen LogP) is 1.23. The molecule has 1 aliphatic rings. The third-order valence-electron chi connectivity index (χ3n) is 4.57. The fourth-order valence-corrected chi connectivity index (χ4v) is 4.07. The zero-order valence-corrected chi connectivity index (χ0v) is 16.7. The molecule has 1 heterocycles. The van der Waals surface area contributed by atoms with Gasteiger partial charge in [-0.05, 0) is 44.4 Å². The molecule has 9 heteroatoms. The third kappa shape index (κ3) is 6.44. The summed E-state index contributed by atoms with van der Waals surface area (Å²) in [4.78, 5) is 4.41. The average Bonchev–Trinajstić information content (AvgIpc) is 2.67. The van der Waals surface area contributed by atoms with E-state index in [1.807, 2.05) is 6.92 Å². The first-order valence-electron chi connectivity index (χ1n) is 9.32. The zero-order valence-electron chi connectivity index (χ0n) is 15.9. The Kier molecular flexibility index (Phi) is 8.00. The van der Waals surface area contributed by atoms with Gasteiger partial charge in [-0.3, -0.25) is 4.99 Å². The summed E-state index contributed by atoms with van der Waals surface area (Å²) >= 11 is 0. The molecule has 1 saturated heterocycles. The van der Waals surface area contributed by atoms with Crippen LogP contribution in [-0.2, 0) is 10.0 Å². The SMILES string of the molecule is CCNC(=NCC(O)c1ccc(F)cc1)NC1CCN(S(=O)(=O)CC)CC1. The second-order valence-electron chi connectivity index (χ2n) is 6.51. The number of piperidine rings is 1. The highest BCUT2D eigenvalue weighted by Gasteiger charge is 2.27. The lowest BCUT2D eigenvalue weighted by atomic mass is 10.1. The Balaban J connectivity index is 1.91. The first-order valence-corrected chi connectivity index (χ1v) is 10.9. The number of aliphatic hydroxyl groups excluding tert-OH is 1. The van der Waals surface area contributed by atoms with Crippen LogP contribution in [0.5, 0.6) is 0 Å². The lowest BCUT2D eigenvalue weighted by Crippen LogP contribution is -2.50. The lowest BCUT2D eigenvalue weighted by molar-refractivity contribution is 0.187. The number of benzene rings is 1. The number of aliphatic hydroxyl groups is 1. The van der Waals surface area contributed by atoms with Crippen molar-refractivity contribution in [1.82, 2.24) is 14.9 Å². The van der Waals surface area contributed by atoms with Gasteiger partial charge in [0.1, 0.15) is 5.82 Å². The van der Waals surface area contributed by atoms with Crippen LogP contribution in [0.3, 0.4) is 0 Å². The number of sulfonamides is 1. The smallest absolute Gasteiger partial charge is 0.213 e. The molecular weight excluding hydrogens is 371 g/mol. The fraction of sp³-hybridized carbons (Fsp3) is 0.611. The van der Waals surface area contributed by atoms with Gasteiger partial charge in [0, 0.05) is 25.7 Å².